The van der Waals surface area contributed by atoms with E-state index in [0.29, 0.717) is 33.9 Å². The van der Waals surface area contributed by atoms with Crippen molar-refractivity contribution in [2.24, 2.45) is 5.92 Å². The van der Waals surface area contributed by atoms with Gasteiger partial charge in [-0.3, -0.25) is 9.59 Å². The molecule has 1 aliphatic carbocycles. The standard InChI is InChI=1S/C29H30N2O6S/c1-3-31(27(32)17-20-9-15-26(16-10-20)38(35,36)19-21-7-8-21)25-13-11-22(12-14-25)28(33)30-24-6-4-5-23(18-24)29(34)37-2/h4-6,9-16,18,21H,3,7-8,17,19H2,1-2H3,(H,30,33). The molecule has 1 aliphatic rings. The molecule has 1 N–H and O–H groups in total. The number of ether oxygens (including phenoxy) is 1. The second kappa shape index (κ2) is 11.6. The molecule has 1 fully saturated rings. The molecule has 1 saturated carbocycles. The Labute approximate surface area is 222 Å². The van der Waals surface area contributed by atoms with E-state index in [1.54, 1.807) is 71.6 Å². The van der Waals surface area contributed by atoms with Crippen LogP contribution in [-0.2, 0) is 25.8 Å². The Hall–Kier alpha value is -3.98. The van der Waals surface area contributed by atoms with Gasteiger partial charge in [0.1, 0.15) is 0 Å². The van der Waals surface area contributed by atoms with Gasteiger partial charge in [0, 0.05) is 23.5 Å². The van der Waals surface area contributed by atoms with E-state index in [2.05, 4.69) is 5.32 Å². The molecule has 0 spiro atoms. The average Bonchev–Trinajstić information content (AvgIpc) is 3.73. The molecule has 4 rings (SSSR count). The molecule has 8 nitrogen and oxygen atoms in total. The monoisotopic (exact) mass is 534 g/mol. The van der Waals surface area contributed by atoms with Gasteiger partial charge >= 0.3 is 5.97 Å². The van der Waals surface area contributed by atoms with Gasteiger partial charge in [-0.25, -0.2) is 13.2 Å². The zero-order valence-corrected chi connectivity index (χ0v) is 22.2. The normalized spacial score (nSPS) is 13.0. The quantitative estimate of drug-likeness (QED) is 0.384. The summed E-state index contributed by atoms with van der Waals surface area (Å²) < 4.78 is 29.6. The van der Waals surface area contributed by atoms with Crippen LogP contribution in [0, 0.1) is 5.92 Å². The topological polar surface area (TPSA) is 110 Å². The molecule has 0 bridgehead atoms. The SMILES string of the molecule is CCN(C(=O)Cc1ccc(S(=O)(=O)CC2CC2)cc1)c1ccc(C(=O)Nc2cccc(C(=O)OC)c2)cc1. The van der Waals surface area contributed by atoms with Crippen molar-refractivity contribution in [2.45, 2.75) is 31.1 Å². The smallest absolute Gasteiger partial charge is 0.337 e. The summed E-state index contributed by atoms with van der Waals surface area (Å²) in [6.07, 6.45) is 2.06. The summed E-state index contributed by atoms with van der Waals surface area (Å²) in [7, 11) is -2.00. The fraction of sp³-hybridized carbons (Fsp3) is 0.276. The predicted octanol–water partition coefficient (Wildman–Crippen LogP) is 4.50. The summed E-state index contributed by atoms with van der Waals surface area (Å²) in [5.74, 6) is -0.538. The molecule has 2 amide bonds. The van der Waals surface area contributed by atoms with Crippen LogP contribution < -0.4 is 10.2 Å². The zero-order chi connectivity index (χ0) is 27.3. The maximum Gasteiger partial charge on any atom is 0.337 e. The number of nitrogens with one attached hydrogen (secondary N) is 1. The third-order valence-corrected chi connectivity index (χ3v) is 8.29. The van der Waals surface area contributed by atoms with Crippen LogP contribution in [-0.4, -0.2) is 45.6 Å². The molecule has 38 heavy (non-hydrogen) atoms. The van der Waals surface area contributed by atoms with Gasteiger partial charge in [-0.1, -0.05) is 18.2 Å². The molecule has 0 radical (unpaired) electrons. The van der Waals surface area contributed by atoms with Gasteiger partial charge in [0.25, 0.3) is 5.91 Å². The first-order chi connectivity index (χ1) is 18.2. The van der Waals surface area contributed by atoms with Crippen molar-refractivity contribution < 1.29 is 27.5 Å². The highest BCUT2D eigenvalue weighted by atomic mass is 32.2. The summed E-state index contributed by atoms with van der Waals surface area (Å²) >= 11 is 0. The summed E-state index contributed by atoms with van der Waals surface area (Å²) in [4.78, 5) is 39.4. The van der Waals surface area contributed by atoms with Crippen LogP contribution in [0.25, 0.3) is 0 Å². The molecule has 0 aromatic heterocycles. The molecule has 0 aliphatic heterocycles. The summed E-state index contributed by atoms with van der Waals surface area (Å²) in [5.41, 5.74) is 2.55. The number of hydrogen-bond donors (Lipinski definition) is 1. The Kier molecular flexibility index (Phi) is 8.26. The first-order valence-corrected chi connectivity index (χ1v) is 14.1. The van der Waals surface area contributed by atoms with Crippen molar-refractivity contribution in [1.82, 2.24) is 0 Å². The van der Waals surface area contributed by atoms with E-state index in [-0.39, 0.29) is 29.9 Å². The fourth-order valence-corrected chi connectivity index (χ4v) is 5.81. The lowest BCUT2D eigenvalue weighted by Crippen LogP contribution is -2.32. The number of anilines is 2. The number of carbonyl (C=O) groups is 3. The van der Waals surface area contributed by atoms with E-state index >= 15 is 0 Å². The van der Waals surface area contributed by atoms with Gasteiger partial charge in [0.15, 0.2) is 9.84 Å². The van der Waals surface area contributed by atoms with Crippen molar-refractivity contribution in [3.8, 4) is 0 Å². The van der Waals surface area contributed by atoms with E-state index < -0.39 is 15.8 Å². The number of benzene rings is 3. The molecule has 3 aromatic carbocycles. The van der Waals surface area contributed by atoms with Gasteiger partial charge in [-0.2, -0.15) is 0 Å². The number of methoxy groups -OCH3 is 1. The van der Waals surface area contributed by atoms with Gasteiger partial charge in [0.2, 0.25) is 5.91 Å². The molecular weight excluding hydrogens is 504 g/mol. The Morgan fingerprint density at radius 1 is 0.947 bits per heavy atom. The first kappa shape index (κ1) is 27.1. The van der Waals surface area contributed by atoms with Gasteiger partial charge in [-0.15, -0.1) is 0 Å². The Morgan fingerprint density at radius 3 is 2.24 bits per heavy atom. The van der Waals surface area contributed by atoms with E-state index in [0.717, 1.165) is 18.4 Å². The predicted molar refractivity (Wildman–Crippen MR) is 145 cm³/mol. The number of sulfone groups is 1. The lowest BCUT2D eigenvalue weighted by Gasteiger charge is -2.21. The second-order valence-corrected chi connectivity index (χ2v) is 11.3. The molecular formula is C29H30N2O6S. The van der Waals surface area contributed by atoms with E-state index in [1.165, 1.54) is 13.2 Å². The molecule has 198 valence electrons. The lowest BCUT2D eigenvalue weighted by molar-refractivity contribution is -0.117. The largest absolute Gasteiger partial charge is 0.465 e. The van der Waals surface area contributed by atoms with E-state index in [4.69, 9.17) is 4.74 Å². The highest BCUT2D eigenvalue weighted by Crippen LogP contribution is 2.32. The van der Waals surface area contributed by atoms with Gasteiger partial charge in [-0.05, 0) is 85.8 Å². The number of likely N-dealkylation sites (N-methyl/N-ethyl adjacent to an activating group) is 1. The Morgan fingerprint density at radius 2 is 1.63 bits per heavy atom. The highest BCUT2D eigenvalue weighted by Gasteiger charge is 2.29. The van der Waals surface area contributed by atoms with E-state index in [1.807, 2.05) is 6.92 Å². The number of hydrogen-bond acceptors (Lipinski definition) is 6. The average molecular weight is 535 g/mol. The maximum absolute atomic E-state index is 13.0. The van der Waals surface area contributed by atoms with Crippen LogP contribution in [0.1, 0.15) is 46.0 Å². The fourth-order valence-electron chi connectivity index (χ4n) is 4.12. The van der Waals surface area contributed by atoms with Crippen molar-refractivity contribution in [3.05, 3.63) is 89.5 Å². The summed E-state index contributed by atoms with van der Waals surface area (Å²) in [6, 6.07) is 19.6. The lowest BCUT2D eigenvalue weighted by atomic mass is 10.1. The number of esters is 1. The van der Waals surface area contributed by atoms with Crippen LogP contribution in [0.2, 0.25) is 0 Å². The van der Waals surface area contributed by atoms with Crippen molar-refractivity contribution in [3.63, 3.8) is 0 Å². The molecule has 9 heteroatoms. The minimum Gasteiger partial charge on any atom is -0.465 e. The zero-order valence-electron chi connectivity index (χ0n) is 21.3. The first-order valence-electron chi connectivity index (χ1n) is 12.4. The number of carbonyl (C=O) groups excluding carboxylic acids is 3. The van der Waals surface area contributed by atoms with E-state index in [9.17, 15) is 22.8 Å². The second-order valence-electron chi connectivity index (χ2n) is 9.26. The molecule has 0 saturated heterocycles. The molecule has 0 atom stereocenters. The van der Waals surface area contributed by atoms with Crippen LogP contribution in [0.3, 0.4) is 0 Å². The summed E-state index contributed by atoms with van der Waals surface area (Å²) in [6.45, 7) is 2.29. The third kappa shape index (κ3) is 6.66. The summed E-state index contributed by atoms with van der Waals surface area (Å²) in [5, 5.41) is 2.75. The van der Waals surface area contributed by atoms with Gasteiger partial charge < -0.3 is 15.0 Å². The Bertz CT molecular complexity index is 1430. The third-order valence-electron chi connectivity index (χ3n) is 6.39. The maximum atomic E-state index is 13.0. The van der Waals surface area contributed by atoms with Crippen LogP contribution in [0.4, 0.5) is 11.4 Å². The minimum atomic E-state index is -3.29. The Balaban J connectivity index is 1.39. The van der Waals surface area contributed by atoms with Crippen molar-refractivity contribution in [2.75, 3.05) is 29.6 Å². The van der Waals surface area contributed by atoms with Crippen LogP contribution >= 0.6 is 0 Å². The number of amides is 2. The molecule has 0 heterocycles. The number of nitrogens with zero attached hydrogens (tertiary/aromatic N) is 1. The van der Waals surface area contributed by atoms with Gasteiger partial charge in [0.05, 0.1) is 29.7 Å². The van der Waals surface area contributed by atoms with Crippen molar-refractivity contribution >= 4 is 39.0 Å². The highest BCUT2D eigenvalue weighted by molar-refractivity contribution is 7.91. The van der Waals surface area contributed by atoms with Crippen molar-refractivity contribution in [1.29, 1.82) is 0 Å². The van der Waals surface area contributed by atoms with Crippen LogP contribution in [0.15, 0.2) is 77.7 Å². The minimum absolute atomic E-state index is 0.121. The number of rotatable bonds is 10. The molecule has 0 unspecified atom stereocenters. The van der Waals surface area contributed by atoms with Crippen LogP contribution in [0.5, 0.6) is 0 Å². The molecule has 3 aromatic rings.